The first-order valence-electron chi connectivity index (χ1n) is 32.7. The Hall–Kier alpha value is -2.16. The van der Waals surface area contributed by atoms with E-state index in [0.29, 0.717) is 51.0 Å². The number of hydrogen-bond acceptors (Lipinski definition) is 7. The molecule has 0 aliphatic carbocycles. The molecule has 0 aliphatic rings. The highest BCUT2D eigenvalue weighted by molar-refractivity contribution is 5.82. The number of carbonyl (C=O) groups excluding carboxylic acids is 4. The molecule has 0 saturated carbocycles. The summed E-state index contributed by atoms with van der Waals surface area (Å²) in [4.78, 5) is 59.3. The number of rotatable bonds is 58. The first-order valence-corrected chi connectivity index (χ1v) is 32.7. The monoisotopic (exact) mass is 1050 g/mol. The fraction of sp³-hybridized carbons (Fsp3) is 0.938. The summed E-state index contributed by atoms with van der Waals surface area (Å²) in [5, 5.41) is 0. The van der Waals surface area contributed by atoms with Gasteiger partial charge in [0.25, 0.3) is 0 Å². The third-order valence-corrected chi connectivity index (χ3v) is 15.6. The maximum atomic E-state index is 13.4. The maximum absolute atomic E-state index is 13.4. The molecule has 2 atom stereocenters. The summed E-state index contributed by atoms with van der Waals surface area (Å²) in [5.41, 5.74) is 0. The molecule has 9 heteroatoms. The zero-order chi connectivity index (χ0) is 54.4. The standard InChI is InChI=1S/C65H127N3O6/c1-8-14-20-26-30-38-48-60(46-36-22-16-10-3)58-73-64(71)56-67(54-44-24-18-12-5)62(69)50-40-32-28-34-42-52-66(7)53-43-35-29-33-41-51-63(70)68(55-45-25-19-13-6)57-65(72)74-59-61(47-37-23-17-11-4)49-39-31-27-21-15-9-2/h60-61H,8-59H2,1-7H3. The van der Waals surface area contributed by atoms with Crippen LogP contribution in [0, 0.1) is 11.8 Å². The van der Waals surface area contributed by atoms with Gasteiger partial charge in [0.2, 0.25) is 11.8 Å². The van der Waals surface area contributed by atoms with Gasteiger partial charge in [-0.25, -0.2) is 0 Å². The van der Waals surface area contributed by atoms with Crippen molar-refractivity contribution in [3.63, 3.8) is 0 Å². The Morgan fingerprint density at radius 2 is 0.554 bits per heavy atom. The second kappa shape index (κ2) is 55.6. The van der Waals surface area contributed by atoms with E-state index in [1.165, 1.54) is 154 Å². The van der Waals surface area contributed by atoms with Gasteiger partial charge in [0.1, 0.15) is 13.1 Å². The highest BCUT2D eigenvalue weighted by Gasteiger charge is 2.21. The van der Waals surface area contributed by atoms with Crippen molar-refractivity contribution >= 4 is 23.8 Å². The molecule has 0 radical (unpaired) electrons. The van der Waals surface area contributed by atoms with Gasteiger partial charge < -0.3 is 24.2 Å². The van der Waals surface area contributed by atoms with E-state index in [0.717, 1.165) is 129 Å². The first kappa shape index (κ1) is 71.8. The Bertz CT molecular complexity index is 1160. The van der Waals surface area contributed by atoms with Crippen LogP contribution < -0.4 is 0 Å². The van der Waals surface area contributed by atoms with E-state index in [2.05, 4.69) is 53.5 Å². The predicted molar refractivity (Wildman–Crippen MR) is 317 cm³/mol. The Morgan fingerprint density at radius 1 is 0.311 bits per heavy atom. The molecule has 438 valence electrons. The van der Waals surface area contributed by atoms with Crippen molar-refractivity contribution in [1.29, 1.82) is 0 Å². The molecule has 0 aromatic carbocycles. The van der Waals surface area contributed by atoms with Gasteiger partial charge in [-0.2, -0.15) is 0 Å². The molecule has 2 unspecified atom stereocenters. The van der Waals surface area contributed by atoms with Crippen LogP contribution >= 0.6 is 0 Å². The van der Waals surface area contributed by atoms with E-state index < -0.39 is 0 Å². The summed E-state index contributed by atoms with van der Waals surface area (Å²) >= 11 is 0. The fourth-order valence-electron chi connectivity index (χ4n) is 10.4. The lowest BCUT2D eigenvalue weighted by Crippen LogP contribution is -2.37. The van der Waals surface area contributed by atoms with Crippen LogP contribution in [0.2, 0.25) is 0 Å². The molecular formula is C65H127N3O6. The molecule has 0 spiro atoms. The zero-order valence-corrected chi connectivity index (χ0v) is 50.7. The second-order valence-electron chi connectivity index (χ2n) is 23.0. The summed E-state index contributed by atoms with van der Waals surface area (Å²) < 4.78 is 11.8. The van der Waals surface area contributed by atoms with Crippen molar-refractivity contribution in [2.45, 2.75) is 324 Å². The Balaban J connectivity index is 4.62. The van der Waals surface area contributed by atoms with Crippen LogP contribution in [-0.2, 0) is 28.7 Å². The minimum atomic E-state index is -0.233. The van der Waals surface area contributed by atoms with E-state index in [1.54, 1.807) is 9.80 Å². The third kappa shape index (κ3) is 47.1. The fourth-order valence-corrected chi connectivity index (χ4v) is 10.4. The molecule has 0 fully saturated rings. The van der Waals surface area contributed by atoms with Gasteiger partial charge in [-0.05, 0) is 96.2 Å². The van der Waals surface area contributed by atoms with Gasteiger partial charge in [-0.15, -0.1) is 0 Å². The molecule has 0 aromatic heterocycles. The zero-order valence-electron chi connectivity index (χ0n) is 50.7. The van der Waals surface area contributed by atoms with Crippen molar-refractivity contribution in [2.24, 2.45) is 11.8 Å². The first-order chi connectivity index (χ1) is 36.1. The van der Waals surface area contributed by atoms with E-state index in [1.807, 2.05) is 0 Å². The van der Waals surface area contributed by atoms with Gasteiger partial charge in [-0.3, -0.25) is 19.2 Å². The number of unbranched alkanes of at least 4 members (excludes halogenated alkanes) is 30. The van der Waals surface area contributed by atoms with Gasteiger partial charge >= 0.3 is 11.9 Å². The summed E-state index contributed by atoms with van der Waals surface area (Å²) in [7, 11) is 2.23. The summed E-state index contributed by atoms with van der Waals surface area (Å²) in [6.45, 7) is 18.1. The molecule has 0 aliphatic heterocycles. The summed E-state index contributed by atoms with van der Waals surface area (Å²) in [5.74, 6) is 0.603. The van der Waals surface area contributed by atoms with Crippen LogP contribution in [0.25, 0.3) is 0 Å². The number of ether oxygens (including phenoxy) is 2. The van der Waals surface area contributed by atoms with Crippen molar-refractivity contribution in [3.05, 3.63) is 0 Å². The molecular weight excluding hydrogens is 919 g/mol. The van der Waals surface area contributed by atoms with Gasteiger partial charge in [0.15, 0.2) is 0 Å². The van der Waals surface area contributed by atoms with E-state index in [4.69, 9.17) is 9.47 Å². The van der Waals surface area contributed by atoms with E-state index in [-0.39, 0.29) is 36.8 Å². The predicted octanol–water partition coefficient (Wildman–Crippen LogP) is 18.2. The normalized spacial score (nSPS) is 12.3. The molecule has 9 nitrogen and oxygen atoms in total. The molecule has 0 saturated heterocycles. The average Bonchev–Trinajstić information content (AvgIpc) is 3.39. The number of hydrogen-bond donors (Lipinski definition) is 0. The molecule has 0 heterocycles. The maximum Gasteiger partial charge on any atom is 0.325 e. The average molecular weight is 1050 g/mol. The topological polar surface area (TPSA) is 96.5 Å². The second-order valence-corrected chi connectivity index (χ2v) is 23.0. The summed E-state index contributed by atoms with van der Waals surface area (Å²) in [6.07, 6.45) is 50.3. The number of amides is 2. The minimum absolute atomic E-state index is 0.0905. The Kier molecular flexibility index (Phi) is 54.0. The number of nitrogens with zero attached hydrogens (tertiary/aromatic N) is 3. The Morgan fingerprint density at radius 3 is 0.878 bits per heavy atom. The highest BCUT2D eigenvalue weighted by atomic mass is 16.5. The molecule has 74 heavy (non-hydrogen) atoms. The van der Waals surface area contributed by atoms with Gasteiger partial charge in [0, 0.05) is 25.9 Å². The van der Waals surface area contributed by atoms with Gasteiger partial charge in [0.05, 0.1) is 13.2 Å². The van der Waals surface area contributed by atoms with E-state index in [9.17, 15) is 19.2 Å². The third-order valence-electron chi connectivity index (χ3n) is 15.6. The van der Waals surface area contributed by atoms with Crippen LogP contribution in [0.1, 0.15) is 324 Å². The molecule has 0 bridgehead atoms. The molecule has 2 amide bonds. The van der Waals surface area contributed by atoms with Crippen LogP contribution in [0.15, 0.2) is 0 Å². The Labute approximate surface area is 460 Å². The SMILES string of the molecule is CCCCCCCCC(CCCCCC)COC(=O)CN(CCCCCC)C(=O)CCCCCCCN(C)CCCCCCCC(=O)N(CCCCCC)CC(=O)OCC(CCCCCC)CCCCCCCC. The van der Waals surface area contributed by atoms with Crippen molar-refractivity contribution in [2.75, 3.05) is 59.5 Å². The van der Waals surface area contributed by atoms with Crippen LogP contribution in [-0.4, -0.2) is 98.0 Å². The number of esters is 2. The van der Waals surface area contributed by atoms with Crippen LogP contribution in [0.5, 0.6) is 0 Å². The molecule has 0 rings (SSSR count). The summed E-state index contributed by atoms with van der Waals surface area (Å²) in [6, 6.07) is 0. The highest BCUT2D eigenvalue weighted by Crippen LogP contribution is 2.22. The molecule has 0 N–H and O–H groups in total. The quantitative estimate of drug-likeness (QED) is 0.0442. The smallest absolute Gasteiger partial charge is 0.325 e. The van der Waals surface area contributed by atoms with E-state index >= 15 is 0 Å². The lowest BCUT2D eigenvalue weighted by molar-refractivity contribution is -0.151. The largest absolute Gasteiger partial charge is 0.464 e. The van der Waals surface area contributed by atoms with Crippen LogP contribution in [0.4, 0.5) is 0 Å². The molecule has 0 aromatic rings. The van der Waals surface area contributed by atoms with Crippen molar-refractivity contribution in [1.82, 2.24) is 14.7 Å². The van der Waals surface area contributed by atoms with Crippen LogP contribution in [0.3, 0.4) is 0 Å². The minimum Gasteiger partial charge on any atom is -0.464 e. The van der Waals surface area contributed by atoms with Crippen molar-refractivity contribution < 1.29 is 28.7 Å². The lowest BCUT2D eigenvalue weighted by Gasteiger charge is -2.23. The van der Waals surface area contributed by atoms with Gasteiger partial charge in [-0.1, -0.05) is 247 Å². The number of carbonyl (C=O) groups is 4. The van der Waals surface area contributed by atoms with Crippen molar-refractivity contribution in [3.8, 4) is 0 Å². The lowest BCUT2D eigenvalue weighted by atomic mass is 9.95.